The monoisotopic (exact) mass is 497 g/mol. The van der Waals surface area contributed by atoms with Crippen LogP contribution < -0.4 is 4.89 Å². The molecule has 1 N–H and O–H groups in total. The summed E-state index contributed by atoms with van der Waals surface area (Å²) in [5.41, 5.74) is 0. The summed E-state index contributed by atoms with van der Waals surface area (Å²) in [6.45, 7) is 2.69. The van der Waals surface area contributed by atoms with E-state index in [1.807, 2.05) is 21.1 Å². The van der Waals surface area contributed by atoms with Crippen molar-refractivity contribution < 1.29 is 37.9 Å². The molecule has 0 bridgehead atoms. The maximum Gasteiger partial charge on any atom is 0.268 e. The van der Waals surface area contributed by atoms with Crippen LogP contribution in [0, 0.1) is 0 Å². The molecule has 8 nitrogen and oxygen atoms in total. The third-order valence-electron chi connectivity index (χ3n) is 5.36. The molecule has 0 amide bonds. The molecule has 0 saturated heterocycles. The number of unbranched alkanes of at least 4 members (excludes halogenated alkanes) is 13. The fourth-order valence-electron chi connectivity index (χ4n) is 3.23. The summed E-state index contributed by atoms with van der Waals surface area (Å²) < 4.78 is 21.7. The quantitative estimate of drug-likeness (QED) is 0.0624. The molecule has 0 rings (SSSR count). The van der Waals surface area contributed by atoms with Crippen molar-refractivity contribution in [3.8, 4) is 0 Å². The van der Waals surface area contributed by atoms with Gasteiger partial charge in [-0.2, -0.15) is 0 Å². The van der Waals surface area contributed by atoms with Gasteiger partial charge in [-0.1, -0.05) is 90.4 Å². The Bertz CT molecular complexity index is 474. The van der Waals surface area contributed by atoms with Crippen LogP contribution in [-0.2, 0) is 23.4 Å². The van der Waals surface area contributed by atoms with Crippen LogP contribution in [0.15, 0.2) is 0 Å². The zero-order chi connectivity index (χ0) is 24.8. The molecule has 2 unspecified atom stereocenters. The lowest BCUT2D eigenvalue weighted by atomic mass is 10.0. The van der Waals surface area contributed by atoms with Crippen molar-refractivity contribution >= 4 is 7.82 Å². The number of hydrogen-bond donors (Lipinski definition) is 1. The molecule has 9 heteroatoms. The molecule has 0 heterocycles. The number of phosphoric acid groups is 1. The second-order valence-corrected chi connectivity index (χ2v) is 11.4. The first-order chi connectivity index (χ1) is 15.7. The highest BCUT2D eigenvalue weighted by molar-refractivity contribution is 7.45. The van der Waals surface area contributed by atoms with E-state index in [-0.39, 0.29) is 13.2 Å². The lowest BCUT2D eigenvalue weighted by Gasteiger charge is -2.27. The number of aliphatic hydroxyl groups is 1. The van der Waals surface area contributed by atoms with Gasteiger partial charge in [0.05, 0.1) is 34.4 Å². The Labute approximate surface area is 203 Å². The molecule has 0 fully saturated rings. The number of likely N-dealkylation sites (N-methyl/N-ethyl adjacent to an activating group) is 1. The van der Waals surface area contributed by atoms with Crippen molar-refractivity contribution in [3.63, 3.8) is 0 Å². The minimum atomic E-state index is -4.43. The molecule has 0 aromatic carbocycles. The van der Waals surface area contributed by atoms with E-state index in [1.165, 1.54) is 77.0 Å². The third kappa shape index (κ3) is 26.4. The van der Waals surface area contributed by atoms with Gasteiger partial charge in [-0.05, 0) is 6.42 Å². The molecule has 0 aromatic rings. The molecule has 0 radical (unpaired) electrons. The topological polar surface area (TPSA) is 97.3 Å². The summed E-state index contributed by atoms with van der Waals surface area (Å²) in [4.78, 5) is 21.6. The Morgan fingerprint density at radius 2 is 1.21 bits per heavy atom. The molecule has 0 aliphatic carbocycles. The number of quaternary nitrogens is 1. The zero-order valence-corrected chi connectivity index (χ0v) is 22.7. The van der Waals surface area contributed by atoms with Gasteiger partial charge in [0.2, 0.25) is 0 Å². The van der Waals surface area contributed by atoms with E-state index in [0.29, 0.717) is 17.6 Å². The van der Waals surface area contributed by atoms with Crippen molar-refractivity contribution in [2.45, 2.75) is 103 Å². The minimum absolute atomic E-state index is 0.0270. The molecule has 0 aromatic heterocycles. The fraction of sp³-hybridized carbons (Fsp3) is 1.00. The number of aliphatic hydroxyl groups excluding tert-OH is 1. The smallest absolute Gasteiger partial charge is 0.268 e. The van der Waals surface area contributed by atoms with Crippen molar-refractivity contribution in [2.24, 2.45) is 0 Å². The Morgan fingerprint density at radius 1 is 0.727 bits per heavy atom. The Balaban J connectivity index is 3.38. The molecule has 0 aliphatic heterocycles. The van der Waals surface area contributed by atoms with Crippen LogP contribution in [0.2, 0.25) is 0 Å². The van der Waals surface area contributed by atoms with Crippen LogP contribution in [0.1, 0.15) is 96.8 Å². The lowest BCUT2D eigenvalue weighted by Crippen LogP contribution is -2.37. The second-order valence-electron chi connectivity index (χ2n) is 9.95. The molecule has 200 valence electrons. The average Bonchev–Trinajstić information content (AvgIpc) is 2.73. The van der Waals surface area contributed by atoms with Crippen LogP contribution in [-0.4, -0.2) is 69.8 Å². The summed E-state index contributed by atoms with van der Waals surface area (Å²) in [6.07, 6.45) is 17.0. The average molecular weight is 498 g/mol. The fourth-order valence-corrected chi connectivity index (χ4v) is 3.96. The highest BCUT2D eigenvalue weighted by Gasteiger charge is 2.16. The highest BCUT2D eigenvalue weighted by atomic mass is 31.2. The molecule has 2 atom stereocenters. The Hall–Kier alpha value is -0.0500. The largest absolute Gasteiger partial charge is 0.756 e. The van der Waals surface area contributed by atoms with Gasteiger partial charge >= 0.3 is 0 Å². The van der Waals surface area contributed by atoms with E-state index in [0.717, 1.165) is 12.8 Å². The van der Waals surface area contributed by atoms with Crippen molar-refractivity contribution in [2.75, 3.05) is 54.1 Å². The maximum atomic E-state index is 11.6. The predicted molar refractivity (Wildman–Crippen MR) is 131 cm³/mol. The number of hydrogen-bond acceptors (Lipinski definition) is 7. The van der Waals surface area contributed by atoms with E-state index < -0.39 is 20.5 Å². The summed E-state index contributed by atoms with van der Waals surface area (Å²) in [5.74, 6) is 0. The van der Waals surface area contributed by atoms with Crippen LogP contribution in [0.3, 0.4) is 0 Å². The van der Waals surface area contributed by atoms with Gasteiger partial charge in [-0.15, -0.1) is 0 Å². The summed E-state index contributed by atoms with van der Waals surface area (Å²) in [7, 11) is 1.36. The van der Waals surface area contributed by atoms with E-state index in [4.69, 9.17) is 14.3 Å². The first-order valence-corrected chi connectivity index (χ1v) is 14.5. The van der Waals surface area contributed by atoms with E-state index >= 15 is 0 Å². The van der Waals surface area contributed by atoms with Crippen LogP contribution in [0.25, 0.3) is 0 Å². The van der Waals surface area contributed by atoms with Crippen LogP contribution in [0.5, 0.6) is 0 Å². The van der Waals surface area contributed by atoms with Gasteiger partial charge in [0, 0.05) is 0 Å². The van der Waals surface area contributed by atoms with Crippen molar-refractivity contribution in [1.29, 1.82) is 0 Å². The number of nitrogens with zero attached hydrogens (tertiary/aromatic N) is 1. The highest BCUT2D eigenvalue weighted by Crippen LogP contribution is 2.38. The second kappa shape index (κ2) is 21.3. The Morgan fingerprint density at radius 3 is 1.70 bits per heavy atom. The van der Waals surface area contributed by atoms with Crippen molar-refractivity contribution in [1.82, 2.24) is 0 Å². The minimum Gasteiger partial charge on any atom is -0.756 e. The number of phosphoric ester groups is 1. The predicted octanol–water partition coefficient (Wildman–Crippen LogP) is 4.98. The molecular formula is C24H52NO7P. The van der Waals surface area contributed by atoms with Gasteiger partial charge in [-0.3, -0.25) is 4.57 Å². The van der Waals surface area contributed by atoms with Gasteiger partial charge in [0.25, 0.3) is 7.82 Å². The van der Waals surface area contributed by atoms with E-state index in [2.05, 4.69) is 11.4 Å². The van der Waals surface area contributed by atoms with E-state index in [9.17, 15) is 14.6 Å². The van der Waals surface area contributed by atoms with E-state index in [1.54, 1.807) is 0 Å². The first kappa shape index (κ1) is 33.0. The van der Waals surface area contributed by atoms with Crippen LogP contribution in [0.4, 0.5) is 0 Å². The van der Waals surface area contributed by atoms with Gasteiger partial charge < -0.3 is 23.5 Å². The van der Waals surface area contributed by atoms with Gasteiger partial charge in [0.1, 0.15) is 25.9 Å². The zero-order valence-electron chi connectivity index (χ0n) is 21.8. The SMILES string of the molecule is CCCCCCCCCCCCCCCCOOCC(O)COP(=O)([O-])OCC[N+](C)(C)C. The third-order valence-corrected chi connectivity index (χ3v) is 6.33. The van der Waals surface area contributed by atoms with Crippen LogP contribution >= 0.6 is 7.82 Å². The normalized spacial score (nSPS) is 15.0. The maximum absolute atomic E-state index is 11.6. The number of rotatable bonds is 25. The standard InChI is InChI=1S/C24H52NO7P/c1-5-6-7-8-9-10-11-12-13-14-15-16-17-18-20-29-30-22-24(26)23-32-33(27,28)31-21-19-25(2,3)4/h24,26H,5-23H2,1-4H3. The molecule has 0 aliphatic rings. The molecule has 33 heavy (non-hydrogen) atoms. The van der Waals surface area contributed by atoms with Crippen molar-refractivity contribution in [3.05, 3.63) is 0 Å². The molecule has 0 saturated carbocycles. The summed E-state index contributed by atoms with van der Waals surface area (Å²) in [6, 6.07) is 0. The Kier molecular flexibility index (Phi) is 21.2. The molecular weight excluding hydrogens is 445 g/mol. The van der Waals surface area contributed by atoms with Gasteiger partial charge in [-0.25, -0.2) is 9.78 Å². The first-order valence-electron chi connectivity index (χ1n) is 13.0. The van der Waals surface area contributed by atoms with Gasteiger partial charge in [0.15, 0.2) is 0 Å². The molecule has 0 spiro atoms. The summed E-state index contributed by atoms with van der Waals surface area (Å²) in [5, 5.41) is 9.74. The summed E-state index contributed by atoms with van der Waals surface area (Å²) >= 11 is 0. The lowest BCUT2D eigenvalue weighted by molar-refractivity contribution is -0.870.